The molecule has 9 heteroatoms. The number of H-pyrrole nitrogens is 1. The Hall–Kier alpha value is -2.94. The molecule has 0 aliphatic carbocycles. The molecule has 2 rings (SSSR count). The molecular weight excluding hydrogens is 266 g/mol. The van der Waals surface area contributed by atoms with Gasteiger partial charge >= 0.3 is 5.69 Å². The lowest BCUT2D eigenvalue weighted by Crippen LogP contribution is -2.29. The second kappa shape index (κ2) is 5.36. The number of nitrogens with one attached hydrogen (secondary N) is 2. The maximum Gasteiger partial charge on any atom is 0.328 e. The molecule has 0 saturated heterocycles. The first-order valence-corrected chi connectivity index (χ1v) is 5.55. The largest absolute Gasteiger partial charge is 0.328 e. The first-order chi connectivity index (χ1) is 9.52. The van der Waals surface area contributed by atoms with Crippen LogP contribution in [0.4, 0.5) is 11.4 Å². The molecule has 1 heterocycles. The quantitative estimate of drug-likeness (QED) is 0.401. The number of hydrazine groups is 1. The number of para-hydroxylation sites is 1. The Labute approximate surface area is 111 Å². The van der Waals surface area contributed by atoms with Crippen LogP contribution in [-0.2, 0) is 6.54 Å². The Morgan fingerprint density at radius 2 is 2.10 bits per heavy atom. The van der Waals surface area contributed by atoms with Gasteiger partial charge in [0.1, 0.15) is 5.69 Å². The molecule has 0 aliphatic rings. The lowest BCUT2D eigenvalue weighted by molar-refractivity contribution is -0.384. The van der Waals surface area contributed by atoms with Gasteiger partial charge in [0.15, 0.2) is 0 Å². The van der Waals surface area contributed by atoms with E-state index in [9.17, 15) is 19.7 Å². The van der Waals surface area contributed by atoms with Gasteiger partial charge in [0.2, 0.25) is 0 Å². The lowest BCUT2D eigenvalue weighted by atomic mass is 10.1. The van der Waals surface area contributed by atoms with Gasteiger partial charge in [0.25, 0.3) is 11.2 Å². The van der Waals surface area contributed by atoms with Crippen LogP contribution in [0.25, 0.3) is 0 Å². The second-order valence-corrected chi connectivity index (χ2v) is 3.95. The van der Waals surface area contributed by atoms with Gasteiger partial charge in [0, 0.05) is 23.9 Å². The number of benzene rings is 1. The molecule has 0 bridgehead atoms. The van der Waals surface area contributed by atoms with Crippen LogP contribution in [0.5, 0.6) is 0 Å². The molecule has 0 amide bonds. The van der Waals surface area contributed by atoms with Crippen LogP contribution in [0.2, 0.25) is 0 Å². The van der Waals surface area contributed by atoms with E-state index < -0.39 is 16.2 Å². The van der Waals surface area contributed by atoms with E-state index in [0.717, 1.165) is 0 Å². The van der Waals surface area contributed by atoms with Crippen molar-refractivity contribution in [2.45, 2.75) is 6.54 Å². The average Bonchev–Trinajstić information content (AvgIpc) is 2.41. The summed E-state index contributed by atoms with van der Waals surface area (Å²) in [5.74, 6) is 5.31. The molecule has 104 valence electrons. The molecule has 9 nitrogen and oxygen atoms in total. The third kappa shape index (κ3) is 2.57. The Bertz CT molecular complexity index is 764. The summed E-state index contributed by atoms with van der Waals surface area (Å²) in [4.78, 5) is 35.0. The summed E-state index contributed by atoms with van der Waals surface area (Å²) in [6.07, 6.45) is 1.31. The van der Waals surface area contributed by atoms with E-state index in [4.69, 9.17) is 5.84 Å². The number of aromatic amines is 1. The summed E-state index contributed by atoms with van der Waals surface area (Å²) < 4.78 is 1.21. The predicted octanol–water partition coefficient (Wildman–Crippen LogP) is -0.221. The highest BCUT2D eigenvalue weighted by atomic mass is 16.6. The van der Waals surface area contributed by atoms with E-state index in [1.165, 1.54) is 29.0 Å². The van der Waals surface area contributed by atoms with Gasteiger partial charge in [0.05, 0.1) is 11.5 Å². The molecule has 0 fully saturated rings. The van der Waals surface area contributed by atoms with Crippen LogP contribution in [-0.4, -0.2) is 14.5 Å². The highest BCUT2D eigenvalue weighted by Crippen LogP contribution is 2.27. The minimum Gasteiger partial charge on any atom is -0.318 e. The molecule has 0 spiro atoms. The maximum absolute atomic E-state index is 11.6. The van der Waals surface area contributed by atoms with E-state index in [1.54, 1.807) is 6.07 Å². The van der Waals surface area contributed by atoms with E-state index in [-0.39, 0.29) is 17.9 Å². The second-order valence-electron chi connectivity index (χ2n) is 3.95. The topological polar surface area (TPSA) is 136 Å². The van der Waals surface area contributed by atoms with Crippen molar-refractivity contribution < 1.29 is 4.92 Å². The van der Waals surface area contributed by atoms with Gasteiger partial charge in [-0.25, -0.2) is 4.79 Å². The third-order valence-corrected chi connectivity index (χ3v) is 2.71. The summed E-state index contributed by atoms with van der Waals surface area (Å²) in [5.41, 5.74) is 1.53. The molecule has 4 N–H and O–H groups in total. The van der Waals surface area contributed by atoms with Crippen LogP contribution < -0.4 is 22.5 Å². The van der Waals surface area contributed by atoms with Gasteiger partial charge < -0.3 is 5.43 Å². The van der Waals surface area contributed by atoms with Gasteiger partial charge in [-0.3, -0.25) is 30.3 Å². The SMILES string of the molecule is NNc1c(Cn2ccc(=O)[nH]c2=O)cccc1[N+](=O)[O-]. The first-order valence-electron chi connectivity index (χ1n) is 5.55. The summed E-state index contributed by atoms with van der Waals surface area (Å²) in [6.45, 7) is 0.0385. The van der Waals surface area contributed by atoms with Crippen molar-refractivity contribution >= 4 is 11.4 Å². The Kier molecular flexibility index (Phi) is 3.62. The minimum atomic E-state index is -0.605. The molecule has 1 aromatic heterocycles. The van der Waals surface area contributed by atoms with Gasteiger partial charge in [-0.2, -0.15) is 0 Å². The first kappa shape index (κ1) is 13.5. The van der Waals surface area contributed by atoms with E-state index >= 15 is 0 Å². The smallest absolute Gasteiger partial charge is 0.318 e. The number of hydrogen-bond acceptors (Lipinski definition) is 6. The van der Waals surface area contributed by atoms with Crippen molar-refractivity contribution in [3.05, 3.63) is 67.0 Å². The van der Waals surface area contributed by atoms with Gasteiger partial charge in [-0.1, -0.05) is 12.1 Å². The average molecular weight is 277 g/mol. The zero-order chi connectivity index (χ0) is 14.7. The molecule has 0 aliphatic heterocycles. The van der Waals surface area contributed by atoms with Crippen LogP contribution >= 0.6 is 0 Å². The summed E-state index contributed by atoms with van der Waals surface area (Å²) in [6, 6.07) is 5.58. The Balaban J connectivity index is 2.48. The number of nitrogens with zero attached hydrogens (tertiary/aromatic N) is 2. The van der Waals surface area contributed by atoms with Gasteiger partial charge in [-0.15, -0.1) is 0 Å². The zero-order valence-corrected chi connectivity index (χ0v) is 10.2. The summed E-state index contributed by atoms with van der Waals surface area (Å²) in [5, 5.41) is 10.9. The number of nitrogens with two attached hydrogens (primary N) is 1. The maximum atomic E-state index is 11.6. The number of aromatic nitrogens is 2. The van der Waals surface area contributed by atoms with E-state index in [1.807, 2.05) is 0 Å². The summed E-state index contributed by atoms with van der Waals surface area (Å²) in [7, 11) is 0. The fourth-order valence-corrected chi connectivity index (χ4v) is 1.79. The monoisotopic (exact) mass is 277 g/mol. The molecule has 1 aromatic carbocycles. The van der Waals surface area contributed by atoms with E-state index in [2.05, 4.69) is 10.4 Å². The molecule has 20 heavy (non-hydrogen) atoms. The van der Waals surface area contributed by atoms with Crippen LogP contribution in [0, 0.1) is 10.1 Å². The molecule has 0 radical (unpaired) electrons. The van der Waals surface area contributed by atoms with Gasteiger partial charge in [-0.05, 0) is 0 Å². The van der Waals surface area contributed by atoms with Crippen molar-refractivity contribution in [3.63, 3.8) is 0 Å². The Morgan fingerprint density at radius 3 is 2.70 bits per heavy atom. The highest BCUT2D eigenvalue weighted by Gasteiger charge is 2.16. The van der Waals surface area contributed by atoms with Crippen molar-refractivity contribution in [2.24, 2.45) is 5.84 Å². The number of anilines is 1. The standard InChI is InChI=1S/C11H11N5O4/c12-14-10-7(2-1-3-8(10)16(19)20)6-15-5-4-9(17)13-11(15)18/h1-5,14H,6,12H2,(H,13,17,18). The van der Waals surface area contributed by atoms with Crippen molar-refractivity contribution in [1.82, 2.24) is 9.55 Å². The highest BCUT2D eigenvalue weighted by molar-refractivity contribution is 5.65. The molecular formula is C11H11N5O4. The van der Waals surface area contributed by atoms with Crippen LogP contribution in [0.3, 0.4) is 0 Å². The van der Waals surface area contributed by atoms with Crippen LogP contribution in [0.15, 0.2) is 40.1 Å². The van der Waals surface area contributed by atoms with E-state index in [0.29, 0.717) is 5.56 Å². The normalized spacial score (nSPS) is 10.2. The number of nitro benzene ring substituents is 1. The summed E-state index contributed by atoms with van der Waals surface area (Å²) >= 11 is 0. The number of nitro groups is 1. The molecule has 0 saturated carbocycles. The fraction of sp³-hybridized carbons (Fsp3) is 0.0909. The molecule has 0 atom stereocenters. The Morgan fingerprint density at radius 1 is 1.35 bits per heavy atom. The predicted molar refractivity (Wildman–Crippen MR) is 71.3 cm³/mol. The lowest BCUT2D eigenvalue weighted by Gasteiger charge is -2.10. The number of rotatable bonds is 4. The number of nitrogen functional groups attached to an aromatic ring is 1. The molecule has 0 unspecified atom stereocenters. The number of hydrogen-bond donors (Lipinski definition) is 3. The minimum absolute atomic E-state index is 0.0385. The van der Waals surface area contributed by atoms with Crippen LogP contribution in [0.1, 0.15) is 5.56 Å². The molecule has 2 aromatic rings. The van der Waals surface area contributed by atoms with Crippen molar-refractivity contribution in [2.75, 3.05) is 5.43 Å². The van der Waals surface area contributed by atoms with Crippen molar-refractivity contribution in [1.29, 1.82) is 0 Å². The van der Waals surface area contributed by atoms with Crippen molar-refractivity contribution in [3.8, 4) is 0 Å². The fourth-order valence-electron chi connectivity index (χ4n) is 1.79. The zero-order valence-electron chi connectivity index (χ0n) is 10.2. The third-order valence-electron chi connectivity index (χ3n) is 2.71.